The Labute approximate surface area is 151 Å². The van der Waals surface area contributed by atoms with Crippen LogP contribution in [0.15, 0.2) is 34.2 Å². The van der Waals surface area contributed by atoms with Gasteiger partial charge in [-0.2, -0.15) is 0 Å². The summed E-state index contributed by atoms with van der Waals surface area (Å²) in [6.07, 6.45) is 0.903. The van der Waals surface area contributed by atoms with E-state index in [-0.39, 0.29) is 4.90 Å². The lowest BCUT2D eigenvalue weighted by molar-refractivity contribution is 0.108. The van der Waals surface area contributed by atoms with E-state index in [1.165, 1.54) is 12.1 Å². The summed E-state index contributed by atoms with van der Waals surface area (Å²) in [4.78, 5) is 4.60. The minimum absolute atomic E-state index is 0.103. The molecule has 1 rings (SSSR count). The Bertz CT molecular complexity index is 628. The summed E-state index contributed by atoms with van der Waals surface area (Å²) in [5, 5.41) is 11.5. The second kappa shape index (κ2) is 11.1. The molecule has 1 aromatic rings. The molecular formula is C17H30N4O3S. The maximum atomic E-state index is 11.2. The van der Waals surface area contributed by atoms with E-state index in [4.69, 9.17) is 9.88 Å². The molecule has 0 radical (unpaired) electrons. The van der Waals surface area contributed by atoms with E-state index in [2.05, 4.69) is 29.5 Å². The minimum Gasteiger partial charge on any atom is -0.381 e. The summed E-state index contributed by atoms with van der Waals surface area (Å²) in [5.41, 5.74) is 0.907. The smallest absolute Gasteiger partial charge is 0.238 e. The lowest BCUT2D eigenvalue weighted by Gasteiger charge is -2.12. The lowest BCUT2D eigenvalue weighted by atomic mass is 10.2. The highest BCUT2D eigenvalue weighted by atomic mass is 32.2. The molecule has 0 saturated heterocycles. The third kappa shape index (κ3) is 9.42. The van der Waals surface area contributed by atoms with E-state index in [0.29, 0.717) is 12.5 Å². The van der Waals surface area contributed by atoms with Gasteiger partial charge in [0.15, 0.2) is 5.96 Å². The van der Waals surface area contributed by atoms with Crippen LogP contribution in [0.2, 0.25) is 0 Å². The van der Waals surface area contributed by atoms with E-state index in [1.807, 2.05) is 6.92 Å². The van der Waals surface area contributed by atoms with E-state index in [9.17, 15) is 8.42 Å². The highest BCUT2D eigenvalue weighted by molar-refractivity contribution is 7.89. The van der Waals surface area contributed by atoms with Crippen LogP contribution in [0, 0.1) is 5.92 Å². The predicted molar refractivity (Wildman–Crippen MR) is 101 cm³/mol. The minimum atomic E-state index is -3.66. The fourth-order valence-corrected chi connectivity index (χ4v) is 2.51. The number of nitrogens with zero attached hydrogens (tertiary/aromatic N) is 1. The summed E-state index contributed by atoms with van der Waals surface area (Å²) >= 11 is 0. The molecule has 7 nitrogen and oxygen atoms in total. The Balaban J connectivity index is 2.46. The number of primary sulfonamides is 1. The molecule has 0 saturated carbocycles. The molecule has 0 aliphatic rings. The molecular weight excluding hydrogens is 340 g/mol. The van der Waals surface area contributed by atoms with Crippen molar-refractivity contribution < 1.29 is 13.2 Å². The summed E-state index contributed by atoms with van der Waals surface area (Å²) in [6, 6.07) is 6.42. The molecule has 0 unspecified atom stereocenters. The van der Waals surface area contributed by atoms with Crippen LogP contribution in [0.25, 0.3) is 0 Å². The second-order valence-electron chi connectivity index (χ2n) is 6.13. The number of benzene rings is 1. The summed E-state index contributed by atoms with van der Waals surface area (Å²) in [6.45, 7) is 9.75. The normalized spacial score (nSPS) is 12.4. The van der Waals surface area contributed by atoms with Crippen LogP contribution in [0.5, 0.6) is 0 Å². The maximum Gasteiger partial charge on any atom is 0.238 e. The molecule has 0 aromatic heterocycles. The van der Waals surface area contributed by atoms with Gasteiger partial charge in [-0.05, 0) is 37.0 Å². The quantitative estimate of drug-likeness (QED) is 0.328. The molecule has 142 valence electrons. The summed E-state index contributed by atoms with van der Waals surface area (Å²) in [7, 11) is -3.66. The van der Waals surface area contributed by atoms with Gasteiger partial charge in [-0.15, -0.1) is 0 Å². The number of nitrogens with two attached hydrogens (primary N) is 1. The number of rotatable bonds is 10. The first-order valence-corrected chi connectivity index (χ1v) is 10.1. The van der Waals surface area contributed by atoms with Gasteiger partial charge in [-0.25, -0.2) is 18.5 Å². The van der Waals surface area contributed by atoms with Gasteiger partial charge in [0.1, 0.15) is 0 Å². The lowest BCUT2D eigenvalue weighted by Crippen LogP contribution is -2.38. The molecule has 0 amide bonds. The third-order valence-corrected chi connectivity index (χ3v) is 4.15. The van der Waals surface area contributed by atoms with Crippen molar-refractivity contribution in [1.82, 2.24) is 10.6 Å². The number of sulfonamides is 1. The van der Waals surface area contributed by atoms with Gasteiger partial charge >= 0.3 is 0 Å². The largest absolute Gasteiger partial charge is 0.381 e. The van der Waals surface area contributed by atoms with Crippen molar-refractivity contribution in [1.29, 1.82) is 0 Å². The van der Waals surface area contributed by atoms with Crippen LogP contribution < -0.4 is 15.8 Å². The van der Waals surface area contributed by atoms with Crippen LogP contribution in [0.1, 0.15) is 32.8 Å². The topological polar surface area (TPSA) is 106 Å². The Morgan fingerprint density at radius 1 is 1.24 bits per heavy atom. The first kappa shape index (κ1) is 21.4. The van der Waals surface area contributed by atoms with Gasteiger partial charge in [0.05, 0.1) is 11.4 Å². The number of hydrogen-bond acceptors (Lipinski definition) is 4. The monoisotopic (exact) mass is 370 g/mol. The fraction of sp³-hybridized carbons (Fsp3) is 0.588. The van der Waals surface area contributed by atoms with E-state index >= 15 is 0 Å². The molecule has 0 atom stereocenters. The number of nitrogens with one attached hydrogen (secondary N) is 2. The molecule has 25 heavy (non-hydrogen) atoms. The van der Waals surface area contributed by atoms with Crippen LogP contribution in [-0.4, -0.2) is 40.7 Å². The Morgan fingerprint density at radius 2 is 1.92 bits per heavy atom. The average molecular weight is 371 g/mol. The van der Waals surface area contributed by atoms with Gasteiger partial charge in [0.25, 0.3) is 0 Å². The van der Waals surface area contributed by atoms with Crippen molar-refractivity contribution >= 4 is 16.0 Å². The fourth-order valence-electron chi connectivity index (χ4n) is 2.00. The molecule has 1 aromatic carbocycles. The van der Waals surface area contributed by atoms with Gasteiger partial charge in [0.2, 0.25) is 10.0 Å². The zero-order chi connectivity index (χ0) is 18.7. The van der Waals surface area contributed by atoms with Crippen molar-refractivity contribution in [2.24, 2.45) is 16.0 Å². The van der Waals surface area contributed by atoms with Crippen molar-refractivity contribution in [3.63, 3.8) is 0 Å². The van der Waals surface area contributed by atoms with Gasteiger partial charge < -0.3 is 15.4 Å². The third-order valence-electron chi connectivity index (χ3n) is 3.22. The van der Waals surface area contributed by atoms with Crippen molar-refractivity contribution in [3.05, 3.63) is 29.8 Å². The zero-order valence-electron chi connectivity index (χ0n) is 15.3. The van der Waals surface area contributed by atoms with Crippen molar-refractivity contribution in [2.45, 2.75) is 38.6 Å². The second-order valence-corrected chi connectivity index (χ2v) is 7.69. The molecule has 0 spiro atoms. The standard InChI is InChI=1S/C17H30N4O3S/c1-4-19-17(20-10-5-11-24-13-14(2)3)21-12-15-6-8-16(9-7-15)25(18,22)23/h6-9,14H,4-5,10-13H2,1-3H3,(H2,18,22,23)(H2,19,20,21). The Morgan fingerprint density at radius 3 is 2.48 bits per heavy atom. The predicted octanol–water partition coefficient (Wildman–Crippen LogP) is 1.45. The number of guanidine groups is 1. The van der Waals surface area contributed by atoms with Crippen LogP contribution in [0.3, 0.4) is 0 Å². The van der Waals surface area contributed by atoms with E-state index in [0.717, 1.165) is 44.2 Å². The van der Waals surface area contributed by atoms with Crippen molar-refractivity contribution in [3.8, 4) is 0 Å². The Kier molecular flexibility index (Phi) is 9.48. The number of aliphatic imine (C=N–C) groups is 1. The van der Waals surface area contributed by atoms with E-state index in [1.54, 1.807) is 12.1 Å². The molecule has 8 heteroatoms. The molecule has 0 fully saturated rings. The van der Waals surface area contributed by atoms with Gasteiger partial charge in [-0.1, -0.05) is 26.0 Å². The van der Waals surface area contributed by atoms with E-state index < -0.39 is 10.0 Å². The molecule has 0 aliphatic carbocycles. The Hall–Kier alpha value is -1.64. The number of ether oxygens (including phenoxy) is 1. The SMILES string of the molecule is CCNC(=NCc1ccc(S(N)(=O)=O)cc1)NCCCOCC(C)C. The molecule has 0 heterocycles. The molecule has 0 aliphatic heterocycles. The summed E-state index contributed by atoms with van der Waals surface area (Å²) in [5.74, 6) is 1.27. The average Bonchev–Trinajstić information content (AvgIpc) is 2.55. The van der Waals surface area contributed by atoms with Gasteiger partial charge in [-0.3, -0.25) is 0 Å². The number of hydrogen-bond donors (Lipinski definition) is 3. The zero-order valence-corrected chi connectivity index (χ0v) is 16.1. The van der Waals surface area contributed by atoms with Gasteiger partial charge in [0, 0.05) is 26.3 Å². The van der Waals surface area contributed by atoms with Crippen LogP contribution >= 0.6 is 0 Å². The highest BCUT2D eigenvalue weighted by Crippen LogP contribution is 2.09. The molecule has 4 N–H and O–H groups in total. The highest BCUT2D eigenvalue weighted by Gasteiger charge is 2.06. The first-order chi connectivity index (χ1) is 11.8. The maximum absolute atomic E-state index is 11.2. The first-order valence-electron chi connectivity index (χ1n) is 8.54. The molecule has 0 bridgehead atoms. The summed E-state index contributed by atoms with van der Waals surface area (Å²) < 4.78 is 28.0. The van der Waals surface area contributed by atoms with Crippen LogP contribution in [-0.2, 0) is 21.3 Å². The van der Waals surface area contributed by atoms with Crippen LogP contribution in [0.4, 0.5) is 0 Å². The van der Waals surface area contributed by atoms with Crippen molar-refractivity contribution in [2.75, 3.05) is 26.3 Å².